The Hall–Kier alpha value is -2.61. The summed E-state index contributed by atoms with van der Waals surface area (Å²) in [5.74, 6) is -0.355. The van der Waals surface area contributed by atoms with Crippen LogP contribution in [-0.4, -0.2) is 68.7 Å². The van der Waals surface area contributed by atoms with Crippen molar-refractivity contribution in [2.24, 2.45) is 0 Å². The zero-order chi connectivity index (χ0) is 18.7. The molecule has 2 aliphatic heterocycles. The molecule has 26 heavy (non-hydrogen) atoms. The van der Waals surface area contributed by atoms with Crippen molar-refractivity contribution in [2.45, 2.75) is 24.9 Å². The Labute approximate surface area is 152 Å². The maximum atomic E-state index is 12.3. The van der Waals surface area contributed by atoms with E-state index in [4.69, 9.17) is 4.74 Å². The number of rotatable bonds is 5. The number of hydrogen-bond acceptors (Lipinski definition) is 5. The molecule has 2 fully saturated rings. The zero-order valence-electron chi connectivity index (χ0n) is 15.0. The molecule has 140 valence electrons. The topological polar surface area (TPSA) is 91.0 Å². The number of nitrogens with one attached hydrogen (secondary N) is 2. The first-order valence-corrected chi connectivity index (χ1v) is 8.69. The van der Waals surface area contributed by atoms with E-state index < -0.39 is 0 Å². The van der Waals surface area contributed by atoms with Crippen LogP contribution in [0.25, 0.3) is 0 Å². The number of likely N-dealkylation sites (N-methyl/N-ethyl adjacent to an activating group) is 1. The van der Waals surface area contributed by atoms with E-state index in [1.54, 1.807) is 4.90 Å². The van der Waals surface area contributed by atoms with E-state index in [1.165, 1.54) is 7.11 Å². The lowest BCUT2D eigenvalue weighted by Gasteiger charge is -2.15. The van der Waals surface area contributed by atoms with Gasteiger partial charge in [-0.05, 0) is 31.2 Å². The van der Waals surface area contributed by atoms with Gasteiger partial charge in [0.2, 0.25) is 5.91 Å². The first kappa shape index (κ1) is 18.2. The fraction of sp³-hybridized carbons (Fsp3) is 0.500. The van der Waals surface area contributed by atoms with Crippen molar-refractivity contribution in [3.63, 3.8) is 0 Å². The summed E-state index contributed by atoms with van der Waals surface area (Å²) in [6.45, 7) is 1.91. The normalized spacial score (nSPS) is 23.0. The average molecular weight is 360 g/mol. The average Bonchev–Trinajstić information content (AvgIpc) is 3.20. The number of urea groups is 1. The monoisotopic (exact) mass is 360 g/mol. The van der Waals surface area contributed by atoms with Crippen LogP contribution in [0.2, 0.25) is 0 Å². The van der Waals surface area contributed by atoms with Crippen LogP contribution < -0.4 is 15.5 Å². The minimum absolute atomic E-state index is 0.0656. The molecule has 2 heterocycles. The van der Waals surface area contributed by atoms with E-state index in [-0.39, 0.29) is 36.4 Å². The third-order valence-electron chi connectivity index (χ3n) is 4.86. The lowest BCUT2D eigenvalue weighted by molar-refractivity contribution is -0.145. The lowest BCUT2D eigenvalue weighted by Crippen LogP contribution is -2.37. The van der Waals surface area contributed by atoms with Crippen LogP contribution in [0.4, 0.5) is 10.5 Å². The number of methoxy groups -OCH3 is 1. The van der Waals surface area contributed by atoms with Crippen LogP contribution in [0, 0.1) is 0 Å². The van der Waals surface area contributed by atoms with Crippen LogP contribution in [0.3, 0.4) is 0 Å². The molecule has 0 aliphatic carbocycles. The maximum Gasteiger partial charge on any atom is 0.323 e. The third-order valence-corrected chi connectivity index (χ3v) is 4.86. The molecule has 2 atom stereocenters. The van der Waals surface area contributed by atoms with Gasteiger partial charge >= 0.3 is 12.0 Å². The van der Waals surface area contributed by atoms with Gasteiger partial charge in [0.05, 0.1) is 13.5 Å². The van der Waals surface area contributed by atoms with Crippen molar-refractivity contribution in [3.05, 3.63) is 29.8 Å². The summed E-state index contributed by atoms with van der Waals surface area (Å²) in [5, 5.41) is 5.74. The Bertz CT molecular complexity index is 691. The second kappa shape index (κ2) is 7.74. The van der Waals surface area contributed by atoms with Gasteiger partial charge in [-0.3, -0.25) is 19.4 Å². The molecule has 0 radical (unpaired) electrons. The number of likely N-dealkylation sites (tertiary alicyclic amines) is 1. The smallest absolute Gasteiger partial charge is 0.323 e. The second-order valence-corrected chi connectivity index (χ2v) is 6.71. The van der Waals surface area contributed by atoms with Crippen LogP contribution in [0.5, 0.6) is 0 Å². The van der Waals surface area contributed by atoms with Gasteiger partial charge in [0.25, 0.3) is 0 Å². The zero-order valence-corrected chi connectivity index (χ0v) is 15.0. The largest absolute Gasteiger partial charge is 0.468 e. The maximum absolute atomic E-state index is 12.3. The second-order valence-electron chi connectivity index (χ2n) is 6.71. The number of carbonyl (C=O) groups is 3. The standard InChI is InChI=1S/C18H24N4O4/c1-21-11-13(10-15(21)17(24)26-2)20-16(23)9-12-3-5-14(6-4-12)22-8-7-19-18(22)25/h3-6,13,15H,7-11H2,1-2H3,(H,19,25)(H,20,23)/t13-,15+/m1/s1. The first-order chi connectivity index (χ1) is 12.5. The number of hydrogen-bond donors (Lipinski definition) is 2. The highest BCUT2D eigenvalue weighted by Gasteiger charge is 2.35. The molecule has 0 bridgehead atoms. The molecule has 2 N–H and O–H groups in total. The Kier molecular flexibility index (Phi) is 5.41. The van der Waals surface area contributed by atoms with Crippen molar-refractivity contribution >= 4 is 23.6 Å². The van der Waals surface area contributed by atoms with E-state index in [2.05, 4.69) is 10.6 Å². The molecule has 8 nitrogen and oxygen atoms in total. The van der Waals surface area contributed by atoms with Crippen LogP contribution in [-0.2, 0) is 20.7 Å². The number of benzene rings is 1. The summed E-state index contributed by atoms with van der Waals surface area (Å²) in [5.41, 5.74) is 1.70. The molecule has 2 saturated heterocycles. The number of nitrogens with zero attached hydrogens (tertiary/aromatic N) is 2. The Morgan fingerprint density at radius 1 is 1.31 bits per heavy atom. The molecular weight excluding hydrogens is 336 g/mol. The van der Waals surface area contributed by atoms with Crippen molar-refractivity contribution in [2.75, 3.05) is 38.7 Å². The van der Waals surface area contributed by atoms with Gasteiger partial charge in [0.15, 0.2) is 0 Å². The van der Waals surface area contributed by atoms with Gasteiger partial charge in [0.1, 0.15) is 6.04 Å². The van der Waals surface area contributed by atoms with Gasteiger partial charge in [-0.25, -0.2) is 4.79 Å². The SMILES string of the molecule is COC(=O)[C@@H]1C[C@@H](NC(=O)Cc2ccc(N3CCNC3=O)cc2)CN1C. The van der Waals surface area contributed by atoms with Gasteiger partial charge in [-0.2, -0.15) is 0 Å². The fourth-order valence-electron chi connectivity index (χ4n) is 3.49. The van der Waals surface area contributed by atoms with E-state index in [9.17, 15) is 14.4 Å². The molecule has 1 aromatic rings. The number of anilines is 1. The van der Waals surface area contributed by atoms with Gasteiger partial charge < -0.3 is 15.4 Å². The molecule has 1 aromatic carbocycles. The fourth-order valence-corrected chi connectivity index (χ4v) is 3.49. The van der Waals surface area contributed by atoms with Gasteiger partial charge in [-0.15, -0.1) is 0 Å². The van der Waals surface area contributed by atoms with E-state index in [1.807, 2.05) is 36.2 Å². The molecular formula is C18H24N4O4. The molecule has 0 saturated carbocycles. The minimum Gasteiger partial charge on any atom is -0.468 e. The lowest BCUT2D eigenvalue weighted by atomic mass is 10.1. The van der Waals surface area contributed by atoms with Gasteiger partial charge in [-0.1, -0.05) is 12.1 Å². The summed E-state index contributed by atoms with van der Waals surface area (Å²) in [6, 6.07) is 6.95. The number of ether oxygens (including phenoxy) is 1. The summed E-state index contributed by atoms with van der Waals surface area (Å²) in [7, 11) is 3.22. The molecule has 3 amide bonds. The predicted molar refractivity (Wildman–Crippen MR) is 95.9 cm³/mol. The first-order valence-electron chi connectivity index (χ1n) is 8.69. The molecule has 2 aliphatic rings. The highest BCUT2D eigenvalue weighted by atomic mass is 16.5. The molecule has 8 heteroatoms. The number of carbonyl (C=O) groups excluding carboxylic acids is 3. The highest BCUT2D eigenvalue weighted by Crippen LogP contribution is 2.19. The molecule has 3 rings (SSSR count). The Morgan fingerprint density at radius 3 is 2.65 bits per heavy atom. The van der Waals surface area contributed by atoms with Crippen LogP contribution >= 0.6 is 0 Å². The number of esters is 1. The third kappa shape index (κ3) is 3.96. The van der Waals surface area contributed by atoms with Crippen molar-refractivity contribution in [3.8, 4) is 0 Å². The van der Waals surface area contributed by atoms with Gasteiger partial charge in [0, 0.05) is 31.4 Å². The summed E-state index contributed by atoms with van der Waals surface area (Å²) < 4.78 is 4.79. The quantitative estimate of drug-likeness (QED) is 0.728. The molecule has 0 unspecified atom stereocenters. The van der Waals surface area contributed by atoms with Crippen molar-refractivity contribution in [1.29, 1.82) is 0 Å². The van der Waals surface area contributed by atoms with E-state index in [0.717, 1.165) is 11.3 Å². The summed E-state index contributed by atoms with van der Waals surface area (Å²) >= 11 is 0. The number of amides is 3. The highest BCUT2D eigenvalue weighted by molar-refractivity contribution is 5.94. The van der Waals surface area contributed by atoms with E-state index >= 15 is 0 Å². The molecule has 0 aromatic heterocycles. The van der Waals surface area contributed by atoms with Crippen LogP contribution in [0.15, 0.2) is 24.3 Å². The minimum atomic E-state index is -0.309. The van der Waals surface area contributed by atoms with Crippen molar-refractivity contribution < 1.29 is 19.1 Å². The van der Waals surface area contributed by atoms with Crippen molar-refractivity contribution in [1.82, 2.24) is 15.5 Å². The Morgan fingerprint density at radius 2 is 2.04 bits per heavy atom. The summed E-state index contributed by atoms with van der Waals surface area (Å²) in [4.78, 5) is 39.2. The van der Waals surface area contributed by atoms with E-state index in [0.29, 0.717) is 26.1 Å². The Balaban J connectivity index is 1.52. The molecule has 0 spiro atoms. The van der Waals surface area contributed by atoms with Crippen LogP contribution in [0.1, 0.15) is 12.0 Å². The predicted octanol–water partition coefficient (Wildman–Crippen LogP) is 0.121. The summed E-state index contributed by atoms with van der Waals surface area (Å²) in [6.07, 6.45) is 0.813.